The van der Waals surface area contributed by atoms with Crippen molar-refractivity contribution < 1.29 is 9.59 Å². The van der Waals surface area contributed by atoms with Gasteiger partial charge in [0, 0.05) is 20.1 Å². The summed E-state index contributed by atoms with van der Waals surface area (Å²) in [4.78, 5) is 27.6. The number of carbonyl (C=O) groups is 2. The molecule has 0 aromatic heterocycles. The molecule has 0 aromatic rings. The van der Waals surface area contributed by atoms with E-state index >= 15 is 0 Å². The Bertz CT molecular complexity index is 375. The summed E-state index contributed by atoms with van der Waals surface area (Å²) in [6, 6.07) is -0.107. The molecule has 0 atom stereocenters. The van der Waals surface area contributed by atoms with Gasteiger partial charge in [0.1, 0.15) is 0 Å². The minimum absolute atomic E-state index is 0.0134. The molecule has 0 rings (SSSR count). The van der Waals surface area contributed by atoms with Crippen molar-refractivity contribution in [2.45, 2.75) is 58.9 Å². The van der Waals surface area contributed by atoms with Gasteiger partial charge in [-0.2, -0.15) is 11.8 Å². The van der Waals surface area contributed by atoms with Crippen molar-refractivity contribution in [3.63, 3.8) is 0 Å². The van der Waals surface area contributed by atoms with E-state index < -0.39 is 5.54 Å². The van der Waals surface area contributed by atoms with Gasteiger partial charge in [-0.25, -0.2) is 4.79 Å². The van der Waals surface area contributed by atoms with E-state index in [1.807, 2.05) is 18.7 Å². The Hall–Kier alpha value is -0.750. The maximum atomic E-state index is 12.5. The first-order valence-electron chi connectivity index (χ1n) is 8.95. The molecule has 2 amide bonds. The lowest BCUT2D eigenvalue weighted by Gasteiger charge is -2.38. The van der Waals surface area contributed by atoms with Crippen LogP contribution in [0.3, 0.4) is 0 Å². The van der Waals surface area contributed by atoms with E-state index in [0.717, 1.165) is 13.0 Å². The molecule has 0 saturated carbocycles. The molecule has 142 valence electrons. The van der Waals surface area contributed by atoms with Gasteiger partial charge < -0.3 is 15.1 Å². The van der Waals surface area contributed by atoms with Crippen LogP contribution in [0, 0.1) is 0 Å². The molecule has 0 aliphatic heterocycles. The Morgan fingerprint density at radius 2 is 1.71 bits per heavy atom. The van der Waals surface area contributed by atoms with E-state index in [-0.39, 0.29) is 11.8 Å². The number of unbranched alkanes of at least 4 members (excludes halogenated alkanes) is 3. The summed E-state index contributed by atoms with van der Waals surface area (Å²) in [7, 11) is 1.69. The first kappa shape index (κ1) is 23.2. The molecule has 0 radical (unpaired) electrons. The summed E-state index contributed by atoms with van der Waals surface area (Å²) >= 11 is 1.90. The second-order valence-corrected chi connectivity index (χ2v) is 7.60. The van der Waals surface area contributed by atoms with Crippen LogP contribution in [0.25, 0.3) is 5.32 Å². The number of urea groups is 1. The molecule has 0 aromatic carbocycles. The molecular weight excluding hydrogens is 322 g/mol. The van der Waals surface area contributed by atoms with Crippen LogP contribution in [0.4, 0.5) is 4.79 Å². The molecular formula is C18H36N3O2S-. The highest BCUT2D eigenvalue weighted by atomic mass is 32.2. The monoisotopic (exact) mass is 358 g/mol. The molecule has 0 bridgehead atoms. The van der Waals surface area contributed by atoms with Crippen molar-refractivity contribution in [3.05, 3.63) is 5.32 Å². The minimum atomic E-state index is -0.779. The number of ketones is 1. The van der Waals surface area contributed by atoms with E-state index in [4.69, 9.17) is 0 Å². The smallest absolute Gasteiger partial charge is 0.320 e. The third-order valence-corrected chi connectivity index (χ3v) is 5.28. The van der Waals surface area contributed by atoms with Crippen LogP contribution in [-0.4, -0.2) is 72.4 Å². The molecule has 0 aliphatic rings. The Morgan fingerprint density at radius 3 is 2.25 bits per heavy atom. The van der Waals surface area contributed by atoms with Crippen LogP contribution in [0.2, 0.25) is 0 Å². The topological polar surface area (TPSA) is 54.7 Å². The number of likely N-dealkylation sites (N-methyl/N-ethyl adjacent to an activating group) is 2. The predicted octanol–water partition coefficient (Wildman–Crippen LogP) is 4.02. The van der Waals surface area contributed by atoms with Crippen molar-refractivity contribution >= 4 is 23.6 Å². The Balaban J connectivity index is 4.06. The Morgan fingerprint density at radius 1 is 1.08 bits per heavy atom. The third-order valence-electron chi connectivity index (χ3n) is 4.58. The first-order valence-corrected chi connectivity index (χ1v) is 10.3. The summed E-state index contributed by atoms with van der Waals surface area (Å²) in [6.45, 7) is 9.82. The standard InChI is InChI=1S/C18H36N3O2S/c1-7-21(17(23)20(5)18(3,4)16(2)22)14-13-19-12-10-8-9-11-15-24-6/h7-15H2,1-6H3/q-1. The second kappa shape index (κ2) is 12.6. The second-order valence-electron chi connectivity index (χ2n) is 6.61. The average molecular weight is 359 g/mol. The quantitative estimate of drug-likeness (QED) is 0.467. The van der Waals surface area contributed by atoms with Crippen molar-refractivity contribution in [1.82, 2.24) is 9.80 Å². The summed E-state index contributed by atoms with van der Waals surface area (Å²) in [5.74, 6) is 1.23. The molecule has 5 nitrogen and oxygen atoms in total. The van der Waals surface area contributed by atoms with Crippen LogP contribution in [0.5, 0.6) is 0 Å². The fraction of sp³-hybridized carbons (Fsp3) is 0.889. The fourth-order valence-corrected chi connectivity index (χ4v) is 2.70. The van der Waals surface area contributed by atoms with Gasteiger partial charge in [-0.15, -0.1) is 13.1 Å². The molecule has 0 fully saturated rings. The van der Waals surface area contributed by atoms with E-state index in [1.165, 1.54) is 36.8 Å². The van der Waals surface area contributed by atoms with Gasteiger partial charge in [-0.05, 0) is 46.1 Å². The van der Waals surface area contributed by atoms with Crippen LogP contribution in [0.1, 0.15) is 53.4 Å². The van der Waals surface area contributed by atoms with E-state index in [9.17, 15) is 9.59 Å². The highest BCUT2D eigenvalue weighted by molar-refractivity contribution is 7.98. The normalized spacial score (nSPS) is 11.4. The van der Waals surface area contributed by atoms with E-state index in [2.05, 4.69) is 11.6 Å². The number of rotatable bonds is 13. The number of nitrogens with zero attached hydrogens (tertiary/aromatic N) is 3. The maximum absolute atomic E-state index is 12.5. The van der Waals surface area contributed by atoms with Gasteiger partial charge in [0.15, 0.2) is 5.78 Å². The molecule has 0 spiro atoms. The minimum Gasteiger partial charge on any atom is -0.661 e. The number of hydrogen-bond donors (Lipinski definition) is 0. The average Bonchev–Trinajstić information content (AvgIpc) is 2.55. The number of hydrogen-bond acceptors (Lipinski definition) is 3. The molecule has 0 heterocycles. The SMILES string of the molecule is CCN(CC[N-]CCCCCCSC)C(=O)N(C)C(C)(C)C(C)=O. The zero-order chi connectivity index (χ0) is 18.6. The summed E-state index contributed by atoms with van der Waals surface area (Å²) in [6.07, 6.45) is 7.07. The fourth-order valence-electron chi connectivity index (χ4n) is 2.20. The molecule has 24 heavy (non-hydrogen) atoms. The van der Waals surface area contributed by atoms with Crippen LogP contribution in [0.15, 0.2) is 0 Å². The van der Waals surface area contributed by atoms with Gasteiger partial charge in [-0.3, -0.25) is 4.79 Å². The number of thioether (sulfide) groups is 1. The van der Waals surface area contributed by atoms with Crippen LogP contribution >= 0.6 is 11.8 Å². The predicted molar refractivity (Wildman–Crippen MR) is 105 cm³/mol. The van der Waals surface area contributed by atoms with Crippen molar-refractivity contribution in [1.29, 1.82) is 0 Å². The van der Waals surface area contributed by atoms with Crippen LogP contribution in [-0.2, 0) is 4.79 Å². The van der Waals surface area contributed by atoms with Gasteiger partial charge in [-0.1, -0.05) is 19.3 Å². The first-order chi connectivity index (χ1) is 11.3. The molecule has 0 saturated heterocycles. The van der Waals surface area contributed by atoms with Gasteiger partial charge in [0.05, 0.1) is 5.54 Å². The summed E-state index contributed by atoms with van der Waals surface area (Å²) < 4.78 is 0. The van der Waals surface area contributed by atoms with Gasteiger partial charge in [0.2, 0.25) is 0 Å². The van der Waals surface area contributed by atoms with Gasteiger partial charge in [0.25, 0.3) is 0 Å². The van der Waals surface area contributed by atoms with Crippen LogP contribution < -0.4 is 0 Å². The largest absolute Gasteiger partial charge is 0.661 e. The zero-order valence-corrected chi connectivity index (χ0v) is 17.2. The molecule has 0 aliphatic carbocycles. The lowest BCUT2D eigenvalue weighted by atomic mass is 9.99. The van der Waals surface area contributed by atoms with Crippen molar-refractivity contribution in [2.24, 2.45) is 0 Å². The van der Waals surface area contributed by atoms with Crippen molar-refractivity contribution in [3.8, 4) is 0 Å². The number of Topliss-reactive ketones (excluding diaryl/α,β-unsaturated/α-hetero) is 1. The lowest BCUT2D eigenvalue weighted by Crippen LogP contribution is -2.54. The van der Waals surface area contributed by atoms with Crippen molar-refractivity contribution in [2.75, 3.05) is 45.2 Å². The number of carbonyl (C=O) groups excluding carboxylic acids is 2. The van der Waals surface area contributed by atoms with E-state index in [0.29, 0.717) is 19.6 Å². The maximum Gasteiger partial charge on any atom is 0.320 e. The Kier molecular flexibility index (Phi) is 12.2. The van der Waals surface area contributed by atoms with Gasteiger partial charge >= 0.3 is 6.03 Å². The summed E-state index contributed by atoms with van der Waals surface area (Å²) in [5.41, 5.74) is -0.779. The molecule has 0 unspecified atom stereocenters. The third kappa shape index (κ3) is 8.38. The number of amides is 2. The Labute approximate surface area is 152 Å². The lowest BCUT2D eigenvalue weighted by molar-refractivity contribution is -0.125. The highest BCUT2D eigenvalue weighted by Crippen LogP contribution is 2.16. The molecule has 0 N–H and O–H groups in total. The highest BCUT2D eigenvalue weighted by Gasteiger charge is 2.33. The van der Waals surface area contributed by atoms with E-state index in [1.54, 1.807) is 25.8 Å². The molecule has 6 heteroatoms. The zero-order valence-electron chi connectivity index (χ0n) is 16.4. The summed E-state index contributed by atoms with van der Waals surface area (Å²) in [5, 5.41) is 4.53.